The van der Waals surface area contributed by atoms with Gasteiger partial charge >= 0.3 is 0 Å². The summed E-state index contributed by atoms with van der Waals surface area (Å²) in [5, 5.41) is 18.2. The molecule has 0 unspecified atom stereocenters. The van der Waals surface area contributed by atoms with Crippen molar-refractivity contribution in [1.82, 2.24) is 4.98 Å². The molecule has 18 heavy (non-hydrogen) atoms. The molecule has 0 spiro atoms. The van der Waals surface area contributed by atoms with Crippen molar-refractivity contribution >= 4 is 23.8 Å². The fourth-order valence-electron chi connectivity index (χ4n) is 1.38. The molecule has 0 bridgehead atoms. The van der Waals surface area contributed by atoms with Crippen molar-refractivity contribution in [2.75, 3.05) is 0 Å². The maximum Gasteiger partial charge on any atom is 0.134 e. The lowest BCUT2D eigenvalue weighted by atomic mass is 10.2. The van der Waals surface area contributed by atoms with Gasteiger partial charge in [0.25, 0.3) is 0 Å². The minimum absolute atomic E-state index is 0.0605. The van der Waals surface area contributed by atoms with Crippen LogP contribution in [0.25, 0.3) is 12.2 Å². The molecule has 0 atom stereocenters. The van der Waals surface area contributed by atoms with Crippen LogP contribution in [-0.4, -0.2) is 10.1 Å². The van der Waals surface area contributed by atoms with Crippen molar-refractivity contribution in [3.8, 4) is 11.8 Å². The van der Waals surface area contributed by atoms with Crippen LogP contribution < -0.4 is 0 Å². The number of hydrogen-bond donors (Lipinski definition) is 1. The number of halogens is 1. The average Bonchev–Trinajstić information content (AvgIpc) is 2.41. The van der Waals surface area contributed by atoms with Gasteiger partial charge < -0.3 is 5.11 Å². The zero-order valence-corrected chi connectivity index (χ0v) is 10.1. The normalized spacial score (nSPS) is 10.4. The number of benzene rings is 1. The first-order valence-electron chi connectivity index (χ1n) is 5.22. The van der Waals surface area contributed by atoms with E-state index in [0.717, 1.165) is 11.3 Å². The molecule has 0 radical (unpaired) electrons. The molecule has 2 rings (SSSR count). The molecule has 0 amide bonds. The van der Waals surface area contributed by atoms with Crippen LogP contribution in [0.2, 0.25) is 5.02 Å². The van der Waals surface area contributed by atoms with E-state index >= 15 is 0 Å². The Balaban J connectivity index is 2.19. The SMILES string of the molecule is N#Cc1ccc(/C=C/c2ccc(O)c(Cl)c2)nc1. The van der Waals surface area contributed by atoms with E-state index in [2.05, 4.69) is 4.98 Å². The van der Waals surface area contributed by atoms with Crippen LogP contribution in [-0.2, 0) is 0 Å². The Morgan fingerprint density at radius 2 is 2.06 bits per heavy atom. The van der Waals surface area contributed by atoms with E-state index in [0.29, 0.717) is 10.6 Å². The summed E-state index contributed by atoms with van der Waals surface area (Å²) in [6.07, 6.45) is 5.16. The Morgan fingerprint density at radius 1 is 1.22 bits per heavy atom. The van der Waals surface area contributed by atoms with Gasteiger partial charge in [0.15, 0.2) is 0 Å². The zero-order chi connectivity index (χ0) is 13.0. The summed E-state index contributed by atoms with van der Waals surface area (Å²) in [6, 6.07) is 10.4. The summed E-state index contributed by atoms with van der Waals surface area (Å²) >= 11 is 5.80. The van der Waals surface area contributed by atoms with Crippen LogP contribution in [0.4, 0.5) is 0 Å². The van der Waals surface area contributed by atoms with Gasteiger partial charge in [0, 0.05) is 6.20 Å². The van der Waals surface area contributed by atoms with Crippen LogP contribution in [0.5, 0.6) is 5.75 Å². The minimum atomic E-state index is 0.0605. The molecular weight excluding hydrogens is 248 g/mol. The van der Waals surface area contributed by atoms with Crippen molar-refractivity contribution in [2.24, 2.45) is 0 Å². The van der Waals surface area contributed by atoms with E-state index in [1.807, 2.05) is 18.2 Å². The Labute approximate surface area is 110 Å². The predicted molar refractivity (Wildman–Crippen MR) is 71.0 cm³/mol. The molecule has 0 saturated heterocycles. The lowest BCUT2D eigenvalue weighted by Crippen LogP contribution is -1.81. The largest absolute Gasteiger partial charge is 0.506 e. The van der Waals surface area contributed by atoms with Gasteiger partial charge in [-0.2, -0.15) is 5.26 Å². The van der Waals surface area contributed by atoms with E-state index in [9.17, 15) is 5.11 Å². The second-order valence-corrected chi connectivity index (χ2v) is 4.03. The van der Waals surface area contributed by atoms with Crippen molar-refractivity contribution < 1.29 is 5.11 Å². The third-order valence-corrected chi connectivity index (χ3v) is 2.64. The molecule has 88 valence electrons. The van der Waals surface area contributed by atoms with Gasteiger partial charge in [-0.3, -0.25) is 4.98 Å². The molecule has 0 aliphatic heterocycles. The lowest BCUT2D eigenvalue weighted by molar-refractivity contribution is 0.475. The number of phenols is 1. The Bertz CT molecular complexity index is 627. The highest BCUT2D eigenvalue weighted by atomic mass is 35.5. The van der Waals surface area contributed by atoms with E-state index in [1.165, 1.54) is 12.3 Å². The fraction of sp³-hybridized carbons (Fsp3) is 0. The molecule has 3 nitrogen and oxygen atoms in total. The first-order chi connectivity index (χ1) is 8.69. The maximum absolute atomic E-state index is 9.29. The highest BCUT2D eigenvalue weighted by molar-refractivity contribution is 6.32. The summed E-state index contributed by atoms with van der Waals surface area (Å²) < 4.78 is 0. The van der Waals surface area contributed by atoms with E-state index in [-0.39, 0.29) is 5.75 Å². The molecule has 0 saturated carbocycles. The van der Waals surface area contributed by atoms with Crippen LogP contribution >= 0.6 is 11.6 Å². The quantitative estimate of drug-likeness (QED) is 0.895. The van der Waals surface area contributed by atoms with Gasteiger partial charge in [0.1, 0.15) is 11.8 Å². The first kappa shape index (κ1) is 12.2. The predicted octanol–water partition coefficient (Wildman–Crippen LogP) is 3.48. The molecule has 2 aromatic rings. The fourth-order valence-corrected chi connectivity index (χ4v) is 1.57. The summed E-state index contributed by atoms with van der Waals surface area (Å²) in [4.78, 5) is 4.11. The van der Waals surface area contributed by atoms with Crippen molar-refractivity contribution in [3.63, 3.8) is 0 Å². The number of aromatic hydroxyl groups is 1. The monoisotopic (exact) mass is 256 g/mol. The minimum Gasteiger partial charge on any atom is -0.506 e. The maximum atomic E-state index is 9.29. The summed E-state index contributed by atoms with van der Waals surface area (Å²) in [6.45, 7) is 0. The number of hydrogen-bond acceptors (Lipinski definition) is 3. The number of pyridine rings is 1. The Kier molecular flexibility index (Phi) is 3.61. The molecule has 1 aromatic carbocycles. The van der Waals surface area contributed by atoms with E-state index in [1.54, 1.807) is 24.3 Å². The second kappa shape index (κ2) is 5.35. The molecule has 1 heterocycles. The zero-order valence-electron chi connectivity index (χ0n) is 9.34. The highest BCUT2D eigenvalue weighted by Crippen LogP contribution is 2.24. The topological polar surface area (TPSA) is 56.9 Å². The summed E-state index contributed by atoms with van der Waals surface area (Å²) in [5.74, 6) is 0.0605. The van der Waals surface area contributed by atoms with Crippen LogP contribution in [0.3, 0.4) is 0 Å². The lowest BCUT2D eigenvalue weighted by Gasteiger charge is -1.98. The third kappa shape index (κ3) is 2.88. The van der Waals surface area contributed by atoms with Gasteiger partial charge in [-0.15, -0.1) is 0 Å². The summed E-state index contributed by atoms with van der Waals surface area (Å²) in [5.41, 5.74) is 2.14. The van der Waals surface area contributed by atoms with Gasteiger partial charge in [-0.1, -0.05) is 23.7 Å². The molecule has 4 heteroatoms. The van der Waals surface area contributed by atoms with Crippen molar-refractivity contribution in [3.05, 3.63) is 58.4 Å². The molecule has 0 aliphatic rings. The molecule has 1 aromatic heterocycles. The van der Waals surface area contributed by atoms with Crippen molar-refractivity contribution in [2.45, 2.75) is 0 Å². The van der Waals surface area contributed by atoms with E-state index in [4.69, 9.17) is 16.9 Å². The second-order valence-electron chi connectivity index (χ2n) is 3.63. The molecular formula is C14H9ClN2O. The number of nitriles is 1. The van der Waals surface area contributed by atoms with E-state index < -0.39 is 0 Å². The number of phenolic OH excluding ortho intramolecular Hbond substituents is 1. The Hall–Kier alpha value is -2.31. The first-order valence-corrected chi connectivity index (χ1v) is 5.59. The van der Waals surface area contributed by atoms with Crippen molar-refractivity contribution in [1.29, 1.82) is 5.26 Å². The smallest absolute Gasteiger partial charge is 0.134 e. The molecule has 1 N–H and O–H groups in total. The Morgan fingerprint density at radius 3 is 2.67 bits per heavy atom. The van der Waals surface area contributed by atoms with Crippen LogP contribution in [0, 0.1) is 11.3 Å². The van der Waals surface area contributed by atoms with Gasteiger partial charge in [-0.05, 0) is 35.9 Å². The third-order valence-electron chi connectivity index (χ3n) is 2.33. The number of nitrogens with zero attached hydrogens (tertiary/aromatic N) is 2. The van der Waals surface area contributed by atoms with Gasteiger partial charge in [0.05, 0.1) is 16.3 Å². The molecule has 0 fully saturated rings. The van der Waals surface area contributed by atoms with Gasteiger partial charge in [-0.25, -0.2) is 0 Å². The summed E-state index contributed by atoms with van der Waals surface area (Å²) in [7, 11) is 0. The highest BCUT2D eigenvalue weighted by Gasteiger charge is 1.97. The van der Waals surface area contributed by atoms with Crippen LogP contribution in [0.15, 0.2) is 36.5 Å². The average molecular weight is 257 g/mol. The number of aromatic nitrogens is 1. The van der Waals surface area contributed by atoms with Gasteiger partial charge in [0.2, 0.25) is 0 Å². The van der Waals surface area contributed by atoms with Crippen LogP contribution in [0.1, 0.15) is 16.8 Å². The standard InChI is InChI=1S/C14H9ClN2O/c15-13-7-10(3-6-14(13)18)1-4-12-5-2-11(8-16)9-17-12/h1-7,9,18H/b4-1+. The molecule has 0 aliphatic carbocycles. The number of rotatable bonds is 2.